The topological polar surface area (TPSA) is 123 Å². The van der Waals surface area contributed by atoms with Crippen molar-refractivity contribution in [1.82, 2.24) is 15.2 Å². The predicted molar refractivity (Wildman–Crippen MR) is 73.4 cm³/mol. The van der Waals surface area contributed by atoms with Crippen molar-refractivity contribution < 1.29 is 19.8 Å². The van der Waals surface area contributed by atoms with E-state index in [1.807, 2.05) is 0 Å². The van der Waals surface area contributed by atoms with Gasteiger partial charge in [0, 0.05) is 31.8 Å². The molecule has 114 valence electrons. The van der Waals surface area contributed by atoms with Crippen LogP contribution in [0.1, 0.15) is 23.2 Å². The molecule has 2 heterocycles. The second-order valence-corrected chi connectivity index (χ2v) is 5.04. The van der Waals surface area contributed by atoms with Gasteiger partial charge in [0.1, 0.15) is 0 Å². The van der Waals surface area contributed by atoms with Crippen LogP contribution < -0.4 is 10.9 Å². The maximum Gasteiger partial charge on any atom is 0.407 e. The average Bonchev–Trinajstić information content (AvgIpc) is 2.44. The number of carbonyl (C=O) groups excluding carboxylic acids is 1. The summed E-state index contributed by atoms with van der Waals surface area (Å²) in [6.45, 7) is 1.34. The van der Waals surface area contributed by atoms with Gasteiger partial charge in [-0.2, -0.15) is 0 Å². The normalized spacial score (nSPS) is 15.7. The zero-order chi connectivity index (χ0) is 15.4. The molecule has 1 saturated heterocycles. The molecule has 1 aliphatic heterocycles. The van der Waals surface area contributed by atoms with Crippen molar-refractivity contribution in [2.24, 2.45) is 5.92 Å². The fraction of sp³-hybridized carbons (Fsp3) is 0.462. The summed E-state index contributed by atoms with van der Waals surface area (Å²) in [5.41, 5.74) is -0.450. The summed E-state index contributed by atoms with van der Waals surface area (Å²) >= 11 is 0. The largest absolute Gasteiger partial charge is 0.494 e. The number of nitrogens with zero attached hydrogens (tertiary/aromatic N) is 1. The lowest BCUT2D eigenvalue weighted by Gasteiger charge is -2.29. The SMILES string of the molecule is O=C(NCC1CCN(C(=O)O)CC1)c1cc(O)[nH]c(=O)c1. The predicted octanol–water partition coefficient (Wildman–Crippen LogP) is 0.200. The van der Waals surface area contributed by atoms with Crippen molar-refractivity contribution in [3.8, 4) is 5.88 Å². The van der Waals surface area contributed by atoms with Crippen LogP contribution in [0.3, 0.4) is 0 Å². The number of H-pyrrole nitrogens is 1. The highest BCUT2D eigenvalue weighted by Crippen LogP contribution is 2.16. The van der Waals surface area contributed by atoms with E-state index in [4.69, 9.17) is 5.11 Å². The molecule has 2 amide bonds. The maximum atomic E-state index is 11.9. The molecule has 0 bridgehead atoms. The fourth-order valence-corrected chi connectivity index (χ4v) is 2.33. The van der Waals surface area contributed by atoms with E-state index in [1.165, 1.54) is 11.0 Å². The Morgan fingerprint density at radius 2 is 2.00 bits per heavy atom. The van der Waals surface area contributed by atoms with E-state index in [0.29, 0.717) is 32.5 Å². The Hall–Kier alpha value is -2.51. The third kappa shape index (κ3) is 3.98. The summed E-state index contributed by atoms with van der Waals surface area (Å²) in [4.78, 5) is 37.3. The Labute approximate surface area is 120 Å². The first-order chi connectivity index (χ1) is 9.95. The number of rotatable bonds is 3. The molecule has 21 heavy (non-hydrogen) atoms. The summed E-state index contributed by atoms with van der Waals surface area (Å²) in [6, 6.07) is 2.30. The van der Waals surface area contributed by atoms with Crippen LogP contribution in [0.5, 0.6) is 5.88 Å². The molecule has 0 aromatic carbocycles. The molecule has 0 radical (unpaired) electrons. The van der Waals surface area contributed by atoms with E-state index in [9.17, 15) is 19.5 Å². The number of hydrogen-bond acceptors (Lipinski definition) is 4. The van der Waals surface area contributed by atoms with E-state index >= 15 is 0 Å². The number of aromatic hydroxyl groups is 1. The minimum atomic E-state index is -0.920. The van der Waals surface area contributed by atoms with Crippen molar-refractivity contribution in [2.75, 3.05) is 19.6 Å². The van der Waals surface area contributed by atoms with Crippen molar-refractivity contribution in [2.45, 2.75) is 12.8 Å². The molecule has 0 spiro atoms. The molecule has 1 aliphatic rings. The average molecular weight is 295 g/mol. The quantitative estimate of drug-likeness (QED) is 0.634. The summed E-state index contributed by atoms with van der Waals surface area (Å²) in [6.07, 6.45) is 0.455. The summed E-state index contributed by atoms with van der Waals surface area (Å²) in [5, 5.41) is 20.8. The van der Waals surface area contributed by atoms with Crippen LogP contribution in [0.25, 0.3) is 0 Å². The van der Waals surface area contributed by atoms with Crippen LogP contribution in [0.4, 0.5) is 4.79 Å². The Balaban J connectivity index is 1.85. The molecule has 1 aromatic heterocycles. The van der Waals surface area contributed by atoms with E-state index < -0.39 is 17.6 Å². The number of nitrogens with one attached hydrogen (secondary N) is 2. The molecule has 4 N–H and O–H groups in total. The number of carboxylic acid groups (broad SMARTS) is 1. The second-order valence-electron chi connectivity index (χ2n) is 5.04. The van der Waals surface area contributed by atoms with E-state index in [2.05, 4.69) is 10.3 Å². The molecule has 0 atom stereocenters. The molecule has 8 heteroatoms. The lowest BCUT2D eigenvalue weighted by molar-refractivity contribution is 0.0928. The molecule has 1 aromatic rings. The van der Waals surface area contributed by atoms with Gasteiger partial charge in [-0.15, -0.1) is 0 Å². The second kappa shape index (κ2) is 6.29. The lowest BCUT2D eigenvalue weighted by atomic mass is 9.97. The highest BCUT2D eigenvalue weighted by atomic mass is 16.4. The van der Waals surface area contributed by atoms with E-state index in [0.717, 1.165) is 6.07 Å². The molecule has 1 fully saturated rings. The van der Waals surface area contributed by atoms with Crippen molar-refractivity contribution >= 4 is 12.0 Å². The summed E-state index contributed by atoms with van der Waals surface area (Å²) < 4.78 is 0. The Bertz CT molecular complexity index is 590. The van der Waals surface area contributed by atoms with Crippen LogP contribution in [0.15, 0.2) is 16.9 Å². The highest BCUT2D eigenvalue weighted by Gasteiger charge is 2.22. The van der Waals surface area contributed by atoms with Crippen molar-refractivity contribution in [1.29, 1.82) is 0 Å². The van der Waals surface area contributed by atoms with Crippen LogP contribution in [-0.2, 0) is 0 Å². The van der Waals surface area contributed by atoms with Crippen LogP contribution >= 0.6 is 0 Å². The van der Waals surface area contributed by atoms with E-state index in [1.54, 1.807) is 0 Å². The van der Waals surface area contributed by atoms with Gasteiger partial charge >= 0.3 is 6.09 Å². The Morgan fingerprint density at radius 1 is 1.33 bits per heavy atom. The molecule has 2 rings (SSSR count). The number of piperidine rings is 1. The molecular weight excluding hydrogens is 278 g/mol. The van der Waals surface area contributed by atoms with Gasteiger partial charge in [0.2, 0.25) is 0 Å². The maximum absolute atomic E-state index is 11.9. The third-order valence-corrected chi connectivity index (χ3v) is 3.53. The van der Waals surface area contributed by atoms with Crippen molar-refractivity contribution in [3.05, 3.63) is 28.0 Å². The van der Waals surface area contributed by atoms with Gasteiger partial charge in [-0.25, -0.2) is 4.79 Å². The van der Waals surface area contributed by atoms with Crippen molar-refractivity contribution in [3.63, 3.8) is 0 Å². The number of aromatic amines is 1. The van der Waals surface area contributed by atoms with Gasteiger partial charge in [0.25, 0.3) is 11.5 Å². The molecule has 8 nitrogen and oxygen atoms in total. The standard InChI is InChI=1S/C13H17N3O5/c17-10-5-9(6-11(18)15-10)12(19)14-7-8-1-3-16(4-2-8)13(20)21/h5-6,8H,1-4,7H2,(H,14,19)(H,20,21)(H2,15,17,18). The van der Waals surface area contributed by atoms with Gasteiger partial charge in [-0.05, 0) is 18.8 Å². The number of likely N-dealkylation sites (tertiary alicyclic amines) is 1. The summed E-state index contributed by atoms with van der Waals surface area (Å²) in [5.74, 6) is -0.584. The zero-order valence-corrected chi connectivity index (χ0v) is 11.3. The van der Waals surface area contributed by atoms with Gasteiger partial charge < -0.3 is 20.4 Å². The number of carbonyl (C=O) groups is 2. The molecule has 0 unspecified atom stereocenters. The summed E-state index contributed by atoms with van der Waals surface area (Å²) in [7, 11) is 0. The Kier molecular flexibility index (Phi) is 4.46. The van der Waals surface area contributed by atoms with Gasteiger partial charge in [0.15, 0.2) is 5.88 Å². The van der Waals surface area contributed by atoms with E-state index in [-0.39, 0.29) is 17.4 Å². The van der Waals surface area contributed by atoms with Crippen LogP contribution in [0.2, 0.25) is 0 Å². The van der Waals surface area contributed by atoms with Gasteiger partial charge in [0.05, 0.1) is 5.56 Å². The number of pyridine rings is 1. The number of aromatic nitrogens is 1. The monoisotopic (exact) mass is 295 g/mol. The fourth-order valence-electron chi connectivity index (χ4n) is 2.33. The van der Waals surface area contributed by atoms with Crippen LogP contribution in [0, 0.1) is 5.92 Å². The first-order valence-corrected chi connectivity index (χ1v) is 6.65. The van der Waals surface area contributed by atoms with Gasteiger partial charge in [-0.3, -0.25) is 14.6 Å². The minimum Gasteiger partial charge on any atom is -0.494 e. The van der Waals surface area contributed by atoms with Crippen LogP contribution in [-0.4, -0.2) is 51.7 Å². The first-order valence-electron chi connectivity index (χ1n) is 6.65. The smallest absolute Gasteiger partial charge is 0.407 e. The molecule has 0 aliphatic carbocycles. The molecule has 0 saturated carbocycles. The van der Waals surface area contributed by atoms with Gasteiger partial charge in [-0.1, -0.05) is 0 Å². The minimum absolute atomic E-state index is 0.0965. The Morgan fingerprint density at radius 3 is 2.57 bits per heavy atom. The highest BCUT2D eigenvalue weighted by molar-refractivity contribution is 5.94. The third-order valence-electron chi connectivity index (χ3n) is 3.53. The first kappa shape index (κ1) is 14.9. The zero-order valence-electron chi connectivity index (χ0n) is 11.3. The number of amides is 2. The molecular formula is C13H17N3O5. The number of hydrogen-bond donors (Lipinski definition) is 4. The lowest BCUT2D eigenvalue weighted by Crippen LogP contribution is -2.41.